The maximum absolute atomic E-state index is 12.1. The second kappa shape index (κ2) is 6.99. The first-order valence-corrected chi connectivity index (χ1v) is 7.63. The van der Waals surface area contributed by atoms with Gasteiger partial charge in [0.2, 0.25) is 17.6 Å². The molecule has 0 aliphatic carbocycles. The smallest absolute Gasteiger partial charge is 0.244 e. The predicted octanol–water partition coefficient (Wildman–Crippen LogP) is 0.125. The number of tetrazole rings is 1. The van der Waals surface area contributed by atoms with E-state index in [2.05, 4.69) is 26.0 Å². The van der Waals surface area contributed by atoms with E-state index in [0.717, 1.165) is 18.4 Å². The molecular weight excluding hydrogens is 296 g/mol. The van der Waals surface area contributed by atoms with Gasteiger partial charge in [-0.2, -0.15) is 4.80 Å². The average Bonchev–Trinajstić information content (AvgIpc) is 2.93. The van der Waals surface area contributed by atoms with Crippen LogP contribution in [0, 0.1) is 0 Å². The van der Waals surface area contributed by atoms with E-state index >= 15 is 0 Å². The molecule has 1 fully saturated rings. The summed E-state index contributed by atoms with van der Waals surface area (Å²) in [5, 5.41) is 17.5. The van der Waals surface area contributed by atoms with Crippen LogP contribution in [-0.4, -0.2) is 44.6 Å². The number of hydrogen-bond acceptors (Lipinski definition) is 5. The fourth-order valence-corrected chi connectivity index (χ4v) is 2.46. The molecule has 0 saturated carbocycles. The molecule has 0 spiro atoms. The highest BCUT2D eigenvalue weighted by Gasteiger charge is 2.22. The summed E-state index contributed by atoms with van der Waals surface area (Å²) < 4.78 is 0. The Bertz CT molecular complexity index is 684. The molecule has 2 N–H and O–H groups in total. The Morgan fingerprint density at radius 2 is 2.13 bits per heavy atom. The molecule has 1 aromatic carbocycles. The van der Waals surface area contributed by atoms with Crippen molar-refractivity contribution in [3.8, 4) is 11.4 Å². The molecule has 2 heterocycles. The van der Waals surface area contributed by atoms with E-state index < -0.39 is 6.04 Å². The van der Waals surface area contributed by atoms with E-state index in [1.54, 1.807) is 0 Å². The van der Waals surface area contributed by atoms with Gasteiger partial charge in [0.15, 0.2) is 0 Å². The second-order valence-electron chi connectivity index (χ2n) is 5.42. The third kappa shape index (κ3) is 3.91. The molecule has 2 amide bonds. The van der Waals surface area contributed by atoms with Gasteiger partial charge in [0.25, 0.3) is 0 Å². The van der Waals surface area contributed by atoms with Crippen LogP contribution in [0.5, 0.6) is 0 Å². The molecule has 0 bridgehead atoms. The van der Waals surface area contributed by atoms with E-state index in [4.69, 9.17) is 0 Å². The lowest BCUT2D eigenvalue weighted by molar-refractivity contribution is -0.129. The standard InChI is InChI=1S/C15H18N6O2/c22-13(17-12-8-4-5-9-16-15(12)23)10-21-19-14(18-20-21)11-6-2-1-3-7-11/h1-3,6-7,12H,4-5,8-10H2,(H,16,23)(H,17,22)/t12-/m1/s1. The van der Waals surface area contributed by atoms with Gasteiger partial charge in [-0.05, 0) is 24.5 Å². The van der Waals surface area contributed by atoms with E-state index in [1.807, 2.05) is 30.3 Å². The van der Waals surface area contributed by atoms with Crippen molar-refractivity contribution in [3.05, 3.63) is 30.3 Å². The lowest BCUT2D eigenvalue weighted by atomic mass is 10.1. The van der Waals surface area contributed by atoms with Gasteiger partial charge >= 0.3 is 0 Å². The molecule has 23 heavy (non-hydrogen) atoms. The van der Waals surface area contributed by atoms with Crippen molar-refractivity contribution in [2.45, 2.75) is 31.8 Å². The lowest BCUT2D eigenvalue weighted by Gasteiger charge is -2.14. The molecular formula is C15H18N6O2. The Hall–Kier alpha value is -2.77. The van der Waals surface area contributed by atoms with Crippen molar-refractivity contribution < 1.29 is 9.59 Å². The monoisotopic (exact) mass is 314 g/mol. The number of aromatic nitrogens is 4. The van der Waals surface area contributed by atoms with Crippen LogP contribution in [0.15, 0.2) is 30.3 Å². The number of carbonyl (C=O) groups is 2. The predicted molar refractivity (Wildman–Crippen MR) is 82.0 cm³/mol. The zero-order valence-corrected chi connectivity index (χ0v) is 12.6. The van der Waals surface area contributed by atoms with Crippen molar-refractivity contribution in [1.29, 1.82) is 0 Å². The van der Waals surface area contributed by atoms with Crippen molar-refractivity contribution in [3.63, 3.8) is 0 Å². The van der Waals surface area contributed by atoms with Crippen LogP contribution in [0.1, 0.15) is 19.3 Å². The summed E-state index contributed by atoms with van der Waals surface area (Å²) in [7, 11) is 0. The van der Waals surface area contributed by atoms with Gasteiger partial charge < -0.3 is 10.6 Å². The van der Waals surface area contributed by atoms with Crippen LogP contribution < -0.4 is 10.6 Å². The van der Waals surface area contributed by atoms with Crippen LogP contribution in [0.3, 0.4) is 0 Å². The molecule has 1 aliphatic heterocycles. The maximum Gasteiger partial charge on any atom is 0.244 e. The van der Waals surface area contributed by atoms with Crippen LogP contribution in [0.4, 0.5) is 0 Å². The maximum atomic E-state index is 12.1. The van der Waals surface area contributed by atoms with Gasteiger partial charge in [-0.15, -0.1) is 10.2 Å². The summed E-state index contributed by atoms with van der Waals surface area (Å²) >= 11 is 0. The minimum Gasteiger partial charge on any atom is -0.354 e. The number of hydrogen-bond donors (Lipinski definition) is 2. The van der Waals surface area contributed by atoms with Gasteiger partial charge in [-0.3, -0.25) is 9.59 Å². The molecule has 1 saturated heterocycles. The quantitative estimate of drug-likeness (QED) is 0.835. The Morgan fingerprint density at radius 1 is 1.30 bits per heavy atom. The Labute approximate surface area is 133 Å². The molecule has 8 heteroatoms. The van der Waals surface area contributed by atoms with E-state index in [9.17, 15) is 9.59 Å². The van der Waals surface area contributed by atoms with Gasteiger partial charge in [0.1, 0.15) is 12.6 Å². The first kappa shape index (κ1) is 15.1. The Kier molecular flexibility index (Phi) is 4.60. The first-order chi connectivity index (χ1) is 11.2. The average molecular weight is 314 g/mol. The highest BCUT2D eigenvalue weighted by Crippen LogP contribution is 2.11. The summed E-state index contributed by atoms with van der Waals surface area (Å²) in [5.41, 5.74) is 0.835. The molecule has 1 atom stereocenters. The molecule has 0 radical (unpaired) electrons. The molecule has 0 unspecified atom stereocenters. The fourth-order valence-electron chi connectivity index (χ4n) is 2.46. The summed E-state index contributed by atoms with van der Waals surface area (Å²) in [6, 6.07) is 8.93. The van der Waals surface area contributed by atoms with Crippen LogP contribution in [0.25, 0.3) is 11.4 Å². The van der Waals surface area contributed by atoms with Gasteiger partial charge in [0, 0.05) is 12.1 Å². The minimum absolute atomic E-state index is 0.0659. The number of nitrogens with one attached hydrogen (secondary N) is 2. The van der Waals surface area contributed by atoms with Crippen LogP contribution >= 0.6 is 0 Å². The number of rotatable bonds is 4. The third-order valence-corrected chi connectivity index (χ3v) is 3.64. The summed E-state index contributed by atoms with van der Waals surface area (Å²) in [6.07, 6.45) is 2.49. The number of amides is 2. The molecule has 2 aromatic rings. The minimum atomic E-state index is -0.484. The van der Waals surface area contributed by atoms with Crippen LogP contribution in [-0.2, 0) is 16.1 Å². The highest BCUT2D eigenvalue weighted by molar-refractivity contribution is 5.87. The van der Waals surface area contributed by atoms with Crippen LogP contribution in [0.2, 0.25) is 0 Å². The largest absolute Gasteiger partial charge is 0.354 e. The Balaban J connectivity index is 1.60. The summed E-state index contributed by atoms with van der Waals surface area (Å²) in [5.74, 6) is 0.0297. The highest BCUT2D eigenvalue weighted by atomic mass is 16.2. The SMILES string of the molecule is O=C(Cn1nnc(-c2ccccc2)n1)N[C@@H]1CCCCNC1=O. The Morgan fingerprint density at radius 3 is 2.96 bits per heavy atom. The molecule has 3 rings (SSSR count). The summed E-state index contributed by atoms with van der Waals surface area (Å²) in [6.45, 7) is 0.597. The third-order valence-electron chi connectivity index (χ3n) is 3.64. The normalized spacial score (nSPS) is 18.1. The van der Waals surface area contributed by atoms with Gasteiger partial charge in [-0.1, -0.05) is 30.3 Å². The van der Waals surface area contributed by atoms with Crippen molar-refractivity contribution in [2.75, 3.05) is 6.54 Å². The molecule has 1 aliphatic rings. The number of benzene rings is 1. The summed E-state index contributed by atoms with van der Waals surface area (Å²) in [4.78, 5) is 25.1. The van der Waals surface area contributed by atoms with Gasteiger partial charge in [0.05, 0.1) is 0 Å². The molecule has 120 valence electrons. The van der Waals surface area contributed by atoms with E-state index in [-0.39, 0.29) is 18.4 Å². The zero-order valence-electron chi connectivity index (χ0n) is 12.6. The van der Waals surface area contributed by atoms with Crippen molar-refractivity contribution in [1.82, 2.24) is 30.8 Å². The van der Waals surface area contributed by atoms with E-state index in [0.29, 0.717) is 18.8 Å². The van der Waals surface area contributed by atoms with Crippen molar-refractivity contribution in [2.24, 2.45) is 0 Å². The van der Waals surface area contributed by atoms with E-state index in [1.165, 1.54) is 4.80 Å². The first-order valence-electron chi connectivity index (χ1n) is 7.63. The van der Waals surface area contributed by atoms with Gasteiger partial charge in [-0.25, -0.2) is 0 Å². The number of carbonyl (C=O) groups excluding carboxylic acids is 2. The van der Waals surface area contributed by atoms with Crippen molar-refractivity contribution >= 4 is 11.8 Å². The molecule has 8 nitrogen and oxygen atoms in total. The number of nitrogens with zero attached hydrogens (tertiary/aromatic N) is 4. The fraction of sp³-hybridized carbons (Fsp3) is 0.400. The zero-order chi connectivity index (χ0) is 16.1. The lowest BCUT2D eigenvalue weighted by Crippen LogP contribution is -2.46. The topological polar surface area (TPSA) is 102 Å². The molecule has 1 aromatic heterocycles. The second-order valence-corrected chi connectivity index (χ2v) is 5.42.